The van der Waals surface area contributed by atoms with Crippen molar-refractivity contribution in [1.82, 2.24) is 15.2 Å². The lowest BCUT2D eigenvalue weighted by Crippen LogP contribution is -2.38. The van der Waals surface area contributed by atoms with Crippen molar-refractivity contribution in [2.24, 2.45) is 0 Å². The molecule has 1 aromatic carbocycles. The maximum atomic E-state index is 12.8. The number of piperidine rings is 1. The Kier molecular flexibility index (Phi) is 7.22. The van der Waals surface area contributed by atoms with Gasteiger partial charge in [0.2, 0.25) is 5.91 Å². The number of rotatable bonds is 7. The van der Waals surface area contributed by atoms with Gasteiger partial charge in [-0.1, -0.05) is 25.1 Å². The van der Waals surface area contributed by atoms with Crippen molar-refractivity contribution >= 4 is 11.8 Å². The Morgan fingerprint density at radius 1 is 1.14 bits per heavy atom. The fourth-order valence-corrected chi connectivity index (χ4v) is 3.65. The van der Waals surface area contributed by atoms with Crippen molar-refractivity contribution in [3.05, 3.63) is 59.4 Å². The van der Waals surface area contributed by atoms with Crippen molar-refractivity contribution in [3.8, 4) is 5.75 Å². The molecule has 0 aliphatic carbocycles. The van der Waals surface area contributed by atoms with Crippen molar-refractivity contribution in [1.29, 1.82) is 0 Å². The highest BCUT2D eigenvalue weighted by Crippen LogP contribution is 2.29. The summed E-state index contributed by atoms with van der Waals surface area (Å²) in [7, 11) is 0. The molecular weight excluding hydrogens is 366 g/mol. The SMILES string of the molecule is CCC(=O)N1CCC(c2nc(C)ccc2C(=O)NCCOc2ccccc2)CC1. The summed E-state index contributed by atoms with van der Waals surface area (Å²) in [6.45, 7) is 6.10. The molecule has 0 spiro atoms. The van der Waals surface area contributed by atoms with Crippen LogP contribution in [0.25, 0.3) is 0 Å². The maximum Gasteiger partial charge on any atom is 0.253 e. The molecule has 0 unspecified atom stereocenters. The smallest absolute Gasteiger partial charge is 0.253 e. The zero-order chi connectivity index (χ0) is 20.6. The van der Waals surface area contributed by atoms with E-state index >= 15 is 0 Å². The van der Waals surface area contributed by atoms with Crippen LogP contribution in [0.3, 0.4) is 0 Å². The average molecular weight is 396 g/mol. The normalized spacial score (nSPS) is 14.5. The first-order chi connectivity index (χ1) is 14.1. The number of nitrogens with zero attached hydrogens (tertiary/aromatic N) is 2. The van der Waals surface area contributed by atoms with E-state index in [-0.39, 0.29) is 17.7 Å². The number of aryl methyl sites for hydroxylation is 1. The molecule has 1 N–H and O–H groups in total. The standard InChI is InChI=1S/C23H29N3O3/c1-3-21(27)26-14-11-18(12-15-26)22-20(10-9-17(2)25-22)23(28)24-13-16-29-19-7-5-4-6-8-19/h4-10,18H,3,11-16H2,1-2H3,(H,24,28). The lowest BCUT2D eigenvalue weighted by atomic mass is 9.89. The highest BCUT2D eigenvalue weighted by Gasteiger charge is 2.27. The van der Waals surface area contributed by atoms with Gasteiger partial charge in [0.15, 0.2) is 0 Å². The molecule has 3 rings (SSSR count). The number of pyridine rings is 1. The van der Waals surface area contributed by atoms with Crippen LogP contribution in [0.4, 0.5) is 0 Å². The van der Waals surface area contributed by atoms with Gasteiger partial charge in [-0.15, -0.1) is 0 Å². The van der Waals surface area contributed by atoms with Crippen LogP contribution >= 0.6 is 0 Å². The zero-order valence-electron chi connectivity index (χ0n) is 17.2. The van der Waals surface area contributed by atoms with Gasteiger partial charge < -0.3 is 15.0 Å². The predicted molar refractivity (Wildman–Crippen MR) is 112 cm³/mol. The van der Waals surface area contributed by atoms with Crippen LogP contribution in [-0.2, 0) is 4.79 Å². The van der Waals surface area contributed by atoms with E-state index in [2.05, 4.69) is 10.3 Å². The van der Waals surface area contributed by atoms with Crippen LogP contribution in [0, 0.1) is 6.92 Å². The summed E-state index contributed by atoms with van der Waals surface area (Å²) < 4.78 is 5.63. The van der Waals surface area contributed by atoms with Gasteiger partial charge in [0, 0.05) is 31.1 Å². The minimum absolute atomic E-state index is 0.128. The Balaban J connectivity index is 1.59. The number of ether oxygens (including phenoxy) is 1. The van der Waals surface area contributed by atoms with Crippen LogP contribution in [0.2, 0.25) is 0 Å². The summed E-state index contributed by atoms with van der Waals surface area (Å²) in [4.78, 5) is 31.3. The molecule has 0 radical (unpaired) electrons. The molecule has 0 atom stereocenters. The van der Waals surface area contributed by atoms with Crippen molar-refractivity contribution in [2.75, 3.05) is 26.2 Å². The topological polar surface area (TPSA) is 71.5 Å². The molecular formula is C23H29N3O3. The van der Waals surface area contributed by atoms with Crippen LogP contribution in [0.15, 0.2) is 42.5 Å². The van der Waals surface area contributed by atoms with Gasteiger partial charge in [0.1, 0.15) is 12.4 Å². The first-order valence-corrected chi connectivity index (χ1v) is 10.3. The van der Waals surface area contributed by atoms with E-state index in [4.69, 9.17) is 4.74 Å². The third kappa shape index (κ3) is 5.56. The summed E-state index contributed by atoms with van der Waals surface area (Å²) in [5.41, 5.74) is 2.36. The highest BCUT2D eigenvalue weighted by atomic mass is 16.5. The summed E-state index contributed by atoms with van der Waals surface area (Å²) in [5.74, 6) is 1.04. The molecule has 1 aliphatic rings. The predicted octanol–water partition coefficient (Wildman–Crippen LogP) is 3.31. The highest BCUT2D eigenvalue weighted by molar-refractivity contribution is 5.95. The van der Waals surface area contributed by atoms with Gasteiger partial charge in [0.05, 0.1) is 17.8 Å². The van der Waals surface area contributed by atoms with E-state index in [1.807, 2.05) is 61.2 Å². The van der Waals surface area contributed by atoms with E-state index in [9.17, 15) is 9.59 Å². The van der Waals surface area contributed by atoms with Crippen LogP contribution < -0.4 is 10.1 Å². The number of carbonyl (C=O) groups is 2. The number of likely N-dealkylation sites (tertiary alicyclic amines) is 1. The summed E-state index contributed by atoms with van der Waals surface area (Å²) >= 11 is 0. The van der Waals surface area contributed by atoms with Gasteiger partial charge >= 0.3 is 0 Å². The van der Waals surface area contributed by atoms with Gasteiger partial charge in [-0.05, 0) is 44.0 Å². The van der Waals surface area contributed by atoms with E-state index in [1.165, 1.54) is 0 Å². The molecule has 6 heteroatoms. The third-order valence-electron chi connectivity index (χ3n) is 5.24. The molecule has 2 aromatic rings. The quantitative estimate of drug-likeness (QED) is 0.730. The van der Waals surface area contributed by atoms with Gasteiger partial charge in [-0.3, -0.25) is 14.6 Å². The largest absolute Gasteiger partial charge is 0.492 e. The monoisotopic (exact) mass is 395 g/mol. The fourth-order valence-electron chi connectivity index (χ4n) is 3.65. The molecule has 1 aliphatic heterocycles. The first-order valence-electron chi connectivity index (χ1n) is 10.3. The lowest BCUT2D eigenvalue weighted by molar-refractivity contribution is -0.131. The Hall–Kier alpha value is -2.89. The molecule has 154 valence electrons. The Morgan fingerprint density at radius 2 is 1.86 bits per heavy atom. The molecule has 1 fully saturated rings. The van der Waals surface area contributed by atoms with E-state index in [0.29, 0.717) is 25.1 Å². The van der Waals surface area contributed by atoms with Crippen molar-refractivity contribution < 1.29 is 14.3 Å². The number of hydrogen-bond donors (Lipinski definition) is 1. The molecule has 1 aromatic heterocycles. The van der Waals surface area contributed by atoms with Crippen LogP contribution in [0.1, 0.15) is 53.8 Å². The molecule has 0 bridgehead atoms. The molecule has 29 heavy (non-hydrogen) atoms. The summed E-state index contributed by atoms with van der Waals surface area (Å²) in [6.07, 6.45) is 2.20. The van der Waals surface area contributed by atoms with Crippen molar-refractivity contribution in [3.63, 3.8) is 0 Å². The van der Waals surface area contributed by atoms with Crippen LogP contribution in [-0.4, -0.2) is 47.9 Å². The number of benzene rings is 1. The maximum absolute atomic E-state index is 12.8. The van der Waals surface area contributed by atoms with Crippen LogP contribution in [0.5, 0.6) is 5.75 Å². The van der Waals surface area contributed by atoms with E-state index in [0.717, 1.165) is 43.1 Å². The minimum Gasteiger partial charge on any atom is -0.492 e. The number of nitrogens with one attached hydrogen (secondary N) is 1. The number of aromatic nitrogens is 1. The first kappa shape index (κ1) is 20.8. The van der Waals surface area contributed by atoms with Gasteiger partial charge in [-0.2, -0.15) is 0 Å². The number of amides is 2. The molecule has 2 heterocycles. The Morgan fingerprint density at radius 3 is 2.55 bits per heavy atom. The van der Waals surface area contributed by atoms with Crippen molar-refractivity contribution in [2.45, 2.75) is 39.0 Å². The summed E-state index contributed by atoms with van der Waals surface area (Å²) in [5, 5.41) is 2.94. The van der Waals surface area contributed by atoms with Gasteiger partial charge in [-0.25, -0.2) is 0 Å². The average Bonchev–Trinajstić information content (AvgIpc) is 2.76. The van der Waals surface area contributed by atoms with E-state index < -0.39 is 0 Å². The molecule has 6 nitrogen and oxygen atoms in total. The van der Waals surface area contributed by atoms with E-state index in [1.54, 1.807) is 0 Å². The number of carbonyl (C=O) groups excluding carboxylic acids is 2. The second-order valence-corrected chi connectivity index (χ2v) is 7.31. The van der Waals surface area contributed by atoms with Gasteiger partial charge in [0.25, 0.3) is 5.91 Å². The minimum atomic E-state index is -0.128. The third-order valence-corrected chi connectivity index (χ3v) is 5.24. The number of hydrogen-bond acceptors (Lipinski definition) is 4. The lowest BCUT2D eigenvalue weighted by Gasteiger charge is -2.32. The Bertz CT molecular complexity index is 831. The zero-order valence-corrected chi connectivity index (χ0v) is 17.2. The number of para-hydroxylation sites is 1. The molecule has 1 saturated heterocycles. The molecule has 2 amide bonds. The fraction of sp³-hybridized carbons (Fsp3) is 0.435. The summed E-state index contributed by atoms with van der Waals surface area (Å²) in [6, 6.07) is 13.3. The second-order valence-electron chi connectivity index (χ2n) is 7.31. The Labute approximate surface area is 172 Å². The second kappa shape index (κ2) is 10.0. The molecule has 0 saturated carbocycles.